The fourth-order valence-electron chi connectivity index (χ4n) is 2.20. The van der Waals surface area contributed by atoms with Crippen molar-refractivity contribution in [3.8, 4) is 10.4 Å². The number of rotatable bonds is 3. The van der Waals surface area contributed by atoms with Crippen LogP contribution in [0.25, 0.3) is 20.7 Å². The molecule has 0 unspecified atom stereocenters. The lowest BCUT2D eigenvalue weighted by atomic mass is 10.2. The molecule has 106 valence electrons. The molecular formula is C15H13N3O2S. The SMILES string of the molecule is Cc1nc2sc(-c3ccccc3)cc2c(=O)n1CC(N)=O. The molecule has 0 aliphatic carbocycles. The quantitative estimate of drug-likeness (QED) is 0.802. The van der Waals surface area contributed by atoms with Crippen LogP contribution in [0, 0.1) is 6.92 Å². The zero-order valence-electron chi connectivity index (χ0n) is 11.4. The van der Waals surface area contributed by atoms with E-state index in [2.05, 4.69) is 4.98 Å². The van der Waals surface area contributed by atoms with Crippen molar-refractivity contribution in [3.63, 3.8) is 0 Å². The average molecular weight is 299 g/mol. The van der Waals surface area contributed by atoms with Crippen LogP contribution >= 0.6 is 11.3 Å². The second kappa shape index (κ2) is 5.14. The topological polar surface area (TPSA) is 78.0 Å². The molecule has 21 heavy (non-hydrogen) atoms. The van der Waals surface area contributed by atoms with Crippen LogP contribution in [0.15, 0.2) is 41.2 Å². The summed E-state index contributed by atoms with van der Waals surface area (Å²) in [7, 11) is 0. The first-order valence-corrected chi connectivity index (χ1v) is 7.22. The highest BCUT2D eigenvalue weighted by Crippen LogP contribution is 2.30. The van der Waals surface area contributed by atoms with E-state index >= 15 is 0 Å². The number of hydrogen-bond donors (Lipinski definition) is 1. The maximum atomic E-state index is 12.5. The summed E-state index contributed by atoms with van der Waals surface area (Å²) < 4.78 is 1.31. The number of carbonyl (C=O) groups is 1. The highest BCUT2D eigenvalue weighted by atomic mass is 32.1. The maximum Gasteiger partial charge on any atom is 0.262 e. The summed E-state index contributed by atoms with van der Waals surface area (Å²) in [5.41, 5.74) is 5.99. The van der Waals surface area contributed by atoms with E-state index in [4.69, 9.17) is 5.73 Å². The second-order valence-corrected chi connectivity index (χ2v) is 5.74. The molecule has 1 amide bonds. The lowest BCUT2D eigenvalue weighted by Crippen LogP contribution is -2.30. The monoisotopic (exact) mass is 299 g/mol. The highest BCUT2D eigenvalue weighted by molar-refractivity contribution is 7.21. The van der Waals surface area contributed by atoms with E-state index in [9.17, 15) is 9.59 Å². The zero-order chi connectivity index (χ0) is 15.0. The molecule has 0 saturated carbocycles. The Bertz CT molecular complexity index is 881. The summed E-state index contributed by atoms with van der Waals surface area (Å²) >= 11 is 1.47. The Morgan fingerprint density at radius 2 is 2.05 bits per heavy atom. The van der Waals surface area contributed by atoms with E-state index < -0.39 is 5.91 Å². The molecule has 0 atom stereocenters. The largest absolute Gasteiger partial charge is 0.368 e. The Hall–Kier alpha value is -2.47. The summed E-state index contributed by atoms with van der Waals surface area (Å²) in [5.74, 6) is -0.0624. The van der Waals surface area contributed by atoms with E-state index in [1.54, 1.807) is 6.92 Å². The fourth-order valence-corrected chi connectivity index (χ4v) is 3.28. The summed E-state index contributed by atoms with van der Waals surface area (Å²) in [6.45, 7) is 1.55. The molecule has 0 bridgehead atoms. The molecule has 2 heterocycles. The lowest BCUT2D eigenvalue weighted by Gasteiger charge is -2.06. The van der Waals surface area contributed by atoms with Crippen molar-refractivity contribution >= 4 is 27.5 Å². The smallest absolute Gasteiger partial charge is 0.262 e. The summed E-state index contributed by atoms with van der Waals surface area (Å²) in [6, 6.07) is 11.6. The Labute approximate surface area is 124 Å². The van der Waals surface area contributed by atoms with E-state index in [1.807, 2.05) is 36.4 Å². The Kier molecular flexibility index (Phi) is 3.31. The van der Waals surface area contributed by atoms with Crippen LogP contribution in [0.2, 0.25) is 0 Å². The molecule has 0 spiro atoms. The Balaban J connectivity index is 2.21. The van der Waals surface area contributed by atoms with Gasteiger partial charge in [0.05, 0.1) is 5.39 Å². The number of carbonyl (C=O) groups excluding carboxylic acids is 1. The number of aromatic nitrogens is 2. The number of hydrogen-bond acceptors (Lipinski definition) is 4. The van der Waals surface area contributed by atoms with Crippen molar-refractivity contribution in [1.29, 1.82) is 0 Å². The lowest BCUT2D eigenvalue weighted by molar-refractivity contribution is -0.118. The van der Waals surface area contributed by atoms with Crippen LogP contribution in [-0.4, -0.2) is 15.5 Å². The molecule has 0 fully saturated rings. The third-order valence-corrected chi connectivity index (χ3v) is 4.29. The van der Waals surface area contributed by atoms with Crippen LogP contribution in [-0.2, 0) is 11.3 Å². The molecule has 3 rings (SSSR count). The molecule has 2 N–H and O–H groups in total. The van der Waals surface area contributed by atoms with Crippen LogP contribution in [0.4, 0.5) is 0 Å². The number of nitrogens with zero attached hydrogens (tertiary/aromatic N) is 2. The first kappa shape index (κ1) is 13.5. The van der Waals surface area contributed by atoms with E-state index in [0.29, 0.717) is 16.0 Å². The first-order valence-electron chi connectivity index (χ1n) is 6.41. The summed E-state index contributed by atoms with van der Waals surface area (Å²) in [5, 5.41) is 0.519. The number of nitrogens with two attached hydrogens (primary N) is 1. The van der Waals surface area contributed by atoms with Gasteiger partial charge in [-0.1, -0.05) is 30.3 Å². The van der Waals surface area contributed by atoms with Gasteiger partial charge >= 0.3 is 0 Å². The van der Waals surface area contributed by atoms with Gasteiger partial charge in [-0.2, -0.15) is 0 Å². The third kappa shape index (κ3) is 2.45. The molecule has 0 aliphatic rings. The summed E-state index contributed by atoms with van der Waals surface area (Å²) in [6.07, 6.45) is 0. The van der Waals surface area contributed by atoms with E-state index in [-0.39, 0.29) is 12.1 Å². The maximum absolute atomic E-state index is 12.5. The minimum absolute atomic E-state index is 0.149. The molecule has 0 saturated heterocycles. The van der Waals surface area contributed by atoms with Gasteiger partial charge in [0, 0.05) is 4.88 Å². The molecule has 6 heteroatoms. The van der Waals surface area contributed by atoms with Crippen molar-refractivity contribution in [2.24, 2.45) is 5.73 Å². The van der Waals surface area contributed by atoms with Crippen LogP contribution in [0.1, 0.15) is 5.82 Å². The minimum Gasteiger partial charge on any atom is -0.368 e. The number of fused-ring (bicyclic) bond motifs is 1. The number of amides is 1. The average Bonchev–Trinajstić information content (AvgIpc) is 2.88. The molecule has 3 aromatic rings. The number of benzene rings is 1. The van der Waals surface area contributed by atoms with Gasteiger partial charge in [-0.25, -0.2) is 4.98 Å². The number of primary amides is 1. The van der Waals surface area contributed by atoms with E-state index in [1.165, 1.54) is 15.9 Å². The van der Waals surface area contributed by atoms with E-state index in [0.717, 1.165) is 10.4 Å². The normalized spacial score (nSPS) is 10.9. The Morgan fingerprint density at radius 1 is 1.33 bits per heavy atom. The second-order valence-electron chi connectivity index (χ2n) is 4.71. The predicted octanol–water partition coefficient (Wildman–Crippen LogP) is 1.92. The molecule has 0 radical (unpaired) electrons. The van der Waals surface area contributed by atoms with Crippen molar-refractivity contribution in [2.75, 3.05) is 0 Å². The molecule has 0 aliphatic heterocycles. The van der Waals surface area contributed by atoms with Gasteiger partial charge in [-0.3, -0.25) is 14.2 Å². The zero-order valence-corrected chi connectivity index (χ0v) is 12.2. The van der Waals surface area contributed by atoms with Crippen LogP contribution in [0.3, 0.4) is 0 Å². The van der Waals surface area contributed by atoms with Crippen molar-refractivity contribution in [3.05, 3.63) is 52.6 Å². The predicted molar refractivity (Wildman–Crippen MR) is 83.2 cm³/mol. The van der Waals surface area contributed by atoms with Gasteiger partial charge in [0.15, 0.2) is 0 Å². The minimum atomic E-state index is -0.556. The third-order valence-electron chi connectivity index (χ3n) is 3.21. The number of thiophene rings is 1. The highest BCUT2D eigenvalue weighted by Gasteiger charge is 2.13. The van der Waals surface area contributed by atoms with Crippen molar-refractivity contribution < 1.29 is 4.79 Å². The number of aryl methyl sites for hydroxylation is 1. The van der Waals surface area contributed by atoms with Crippen LogP contribution < -0.4 is 11.3 Å². The van der Waals surface area contributed by atoms with Gasteiger partial charge in [0.1, 0.15) is 17.2 Å². The molecular weight excluding hydrogens is 286 g/mol. The molecule has 2 aromatic heterocycles. The van der Waals surface area contributed by atoms with Gasteiger partial charge in [0.2, 0.25) is 5.91 Å². The molecule has 5 nitrogen and oxygen atoms in total. The molecule has 1 aromatic carbocycles. The Morgan fingerprint density at radius 3 is 2.71 bits per heavy atom. The first-order chi connectivity index (χ1) is 10.1. The summed E-state index contributed by atoms with van der Waals surface area (Å²) in [4.78, 5) is 29.6. The van der Waals surface area contributed by atoms with Crippen molar-refractivity contribution in [1.82, 2.24) is 9.55 Å². The van der Waals surface area contributed by atoms with Gasteiger partial charge in [0.25, 0.3) is 5.56 Å². The van der Waals surface area contributed by atoms with Gasteiger partial charge in [-0.05, 0) is 18.6 Å². The fraction of sp³-hybridized carbons (Fsp3) is 0.133. The van der Waals surface area contributed by atoms with Crippen LogP contribution in [0.5, 0.6) is 0 Å². The van der Waals surface area contributed by atoms with Gasteiger partial charge < -0.3 is 5.73 Å². The van der Waals surface area contributed by atoms with Crippen molar-refractivity contribution in [2.45, 2.75) is 13.5 Å². The standard InChI is InChI=1S/C15H13N3O2S/c1-9-17-14-11(15(20)18(9)8-13(16)19)7-12(21-14)10-5-3-2-4-6-10/h2-7H,8H2,1H3,(H2,16,19). The van der Waals surface area contributed by atoms with Gasteiger partial charge in [-0.15, -0.1) is 11.3 Å².